The lowest BCUT2D eigenvalue weighted by Crippen LogP contribution is -2.04. The monoisotopic (exact) mass is 398 g/mol. The van der Waals surface area contributed by atoms with Crippen molar-refractivity contribution in [3.05, 3.63) is 53.1 Å². The molecule has 8 nitrogen and oxygen atoms in total. The second kappa shape index (κ2) is 7.51. The molecule has 1 aliphatic heterocycles. The van der Waals surface area contributed by atoms with Crippen molar-refractivity contribution in [2.24, 2.45) is 0 Å². The standard InChI is InChI=1S/C19H18N4O4S/c1-4-11-7-5-6-8-13(11)23-19(20-21-22-23)28-18-12-9-10-14(25-2)16(26-3)15(12)17(24)27-18/h5-10,18H,4H2,1-3H3/t18-/m1/s1. The highest BCUT2D eigenvalue weighted by Gasteiger charge is 2.37. The third-order valence-electron chi connectivity index (χ3n) is 4.50. The van der Waals surface area contributed by atoms with Crippen LogP contribution in [-0.4, -0.2) is 40.4 Å². The van der Waals surface area contributed by atoms with Crippen LogP contribution in [0.2, 0.25) is 0 Å². The molecule has 0 spiro atoms. The maximum Gasteiger partial charge on any atom is 0.344 e. The molecule has 0 unspecified atom stereocenters. The Kier molecular flexibility index (Phi) is 4.91. The van der Waals surface area contributed by atoms with E-state index in [9.17, 15) is 4.79 Å². The van der Waals surface area contributed by atoms with Crippen LogP contribution < -0.4 is 9.47 Å². The first-order chi connectivity index (χ1) is 13.7. The highest BCUT2D eigenvalue weighted by Crippen LogP contribution is 2.47. The van der Waals surface area contributed by atoms with Gasteiger partial charge in [-0.3, -0.25) is 0 Å². The summed E-state index contributed by atoms with van der Waals surface area (Å²) in [7, 11) is 3.02. The zero-order valence-electron chi connectivity index (χ0n) is 15.6. The van der Waals surface area contributed by atoms with Gasteiger partial charge in [0.25, 0.3) is 0 Å². The van der Waals surface area contributed by atoms with E-state index in [2.05, 4.69) is 22.4 Å². The van der Waals surface area contributed by atoms with E-state index >= 15 is 0 Å². The maximum absolute atomic E-state index is 12.5. The number of nitrogens with zero attached hydrogens (tertiary/aromatic N) is 4. The minimum absolute atomic E-state index is 0.365. The molecule has 0 bridgehead atoms. The summed E-state index contributed by atoms with van der Waals surface area (Å²) in [5.41, 5.74) is 2.50. The lowest BCUT2D eigenvalue weighted by molar-refractivity contribution is 0.0519. The van der Waals surface area contributed by atoms with Crippen LogP contribution in [0.15, 0.2) is 41.6 Å². The number of rotatable bonds is 6. The molecular formula is C19H18N4O4S. The Hall–Kier alpha value is -3.07. The third kappa shape index (κ3) is 2.97. The average Bonchev–Trinajstić information content (AvgIpc) is 3.31. The van der Waals surface area contributed by atoms with Crippen LogP contribution in [0.3, 0.4) is 0 Å². The van der Waals surface area contributed by atoms with Crippen LogP contribution in [0.5, 0.6) is 11.5 Å². The van der Waals surface area contributed by atoms with Crippen molar-refractivity contribution < 1.29 is 19.0 Å². The molecule has 2 heterocycles. The molecule has 3 aromatic rings. The SMILES string of the molecule is CCc1ccccc1-n1nnnc1S[C@H]1OC(=O)c2c1ccc(OC)c2OC. The number of aryl methyl sites for hydroxylation is 1. The van der Waals surface area contributed by atoms with Gasteiger partial charge in [0.05, 0.1) is 19.9 Å². The van der Waals surface area contributed by atoms with Crippen molar-refractivity contribution in [1.29, 1.82) is 0 Å². The first-order valence-corrected chi connectivity index (χ1v) is 9.55. The number of hydrogen-bond acceptors (Lipinski definition) is 8. The minimum Gasteiger partial charge on any atom is -0.493 e. The summed E-state index contributed by atoms with van der Waals surface area (Å²) in [4.78, 5) is 12.5. The molecule has 4 rings (SSSR count). The smallest absolute Gasteiger partial charge is 0.344 e. The van der Waals surface area contributed by atoms with Gasteiger partial charge in [-0.05, 0) is 52.4 Å². The fourth-order valence-electron chi connectivity index (χ4n) is 3.17. The van der Waals surface area contributed by atoms with Gasteiger partial charge in [0.2, 0.25) is 5.16 Å². The van der Waals surface area contributed by atoms with E-state index in [-0.39, 0.29) is 0 Å². The number of hydrogen-bond donors (Lipinski definition) is 0. The average molecular weight is 398 g/mol. The van der Waals surface area contributed by atoms with Gasteiger partial charge in [0.1, 0.15) is 5.56 Å². The van der Waals surface area contributed by atoms with Crippen LogP contribution in [0.1, 0.15) is 33.8 Å². The fourth-order valence-corrected chi connectivity index (χ4v) is 4.14. The van der Waals surface area contributed by atoms with E-state index in [1.165, 1.54) is 26.0 Å². The van der Waals surface area contributed by atoms with E-state index in [4.69, 9.17) is 14.2 Å². The molecule has 1 aliphatic rings. The zero-order chi connectivity index (χ0) is 19.7. The van der Waals surface area contributed by atoms with Crippen LogP contribution in [0.4, 0.5) is 0 Å². The number of thioether (sulfide) groups is 1. The first kappa shape index (κ1) is 18.3. The van der Waals surface area contributed by atoms with E-state index in [1.807, 2.05) is 24.3 Å². The summed E-state index contributed by atoms with van der Waals surface area (Å²) in [6.07, 6.45) is 0.846. The molecular weight excluding hydrogens is 380 g/mol. The molecule has 0 aliphatic carbocycles. The van der Waals surface area contributed by atoms with Crippen LogP contribution in [-0.2, 0) is 11.2 Å². The van der Waals surface area contributed by atoms with Gasteiger partial charge in [-0.25, -0.2) is 4.79 Å². The third-order valence-corrected chi connectivity index (χ3v) is 5.53. The summed E-state index contributed by atoms with van der Waals surface area (Å²) in [6, 6.07) is 11.5. The summed E-state index contributed by atoms with van der Waals surface area (Å²) in [6.45, 7) is 2.07. The second-order valence-electron chi connectivity index (χ2n) is 5.98. The van der Waals surface area contributed by atoms with Gasteiger partial charge in [-0.1, -0.05) is 25.1 Å². The van der Waals surface area contributed by atoms with Crippen molar-refractivity contribution in [2.75, 3.05) is 14.2 Å². The number of methoxy groups -OCH3 is 2. The lowest BCUT2D eigenvalue weighted by atomic mass is 10.1. The van der Waals surface area contributed by atoms with Crippen LogP contribution >= 0.6 is 11.8 Å². The number of fused-ring (bicyclic) bond motifs is 1. The molecule has 1 aromatic heterocycles. The van der Waals surface area contributed by atoms with Crippen molar-refractivity contribution in [2.45, 2.75) is 23.9 Å². The molecule has 0 N–H and O–H groups in total. The molecule has 0 radical (unpaired) electrons. The number of esters is 1. The van der Waals surface area contributed by atoms with E-state index in [0.717, 1.165) is 17.7 Å². The van der Waals surface area contributed by atoms with Gasteiger partial charge in [0.15, 0.2) is 16.9 Å². The van der Waals surface area contributed by atoms with E-state index in [1.54, 1.807) is 16.8 Å². The predicted molar refractivity (Wildman–Crippen MR) is 102 cm³/mol. The molecule has 9 heteroatoms. The predicted octanol–water partition coefficient (Wildman–Crippen LogP) is 3.20. The first-order valence-electron chi connectivity index (χ1n) is 8.67. The fraction of sp³-hybridized carbons (Fsp3) is 0.263. The van der Waals surface area contributed by atoms with Crippen LogP contribution in [0, 0.1) is 0 Å². The van der Waals surface area contributed by atoms with E-state index in [0.29, 0.717) is 27.8 Å². The number of tetrazole rings is 1. The number of carbonyl (C=O) groups excluding carboxylic acids is 1. The number of carbonyl (C=O) groups is 1. The van der Waals surface area contributed by atoms with Crippen molar-refractivity contribution in [3.8, 4) is 17.2 Å². The Balaban J connectivity index is 1.71. The summed E-state index contributed by atoms with van der Waals surface area (Å²) in [5, 5.41) is 12.6. The highest BCUT2D eigenvalue weighted by atomic mass is 32.2. The Morgan fingerprint density at radius 1 is 1.18 bits per heavy atom. The molecule has 28 heavy (non-hydrogen) atoms. The number of para-hydroxylation sites is 1. The van der Waals surface area contributed by atoms with Crippen molar-refractivity contribution in [1.82, 2.24) is 20.2 Å². The quantitative estimate of drug-likeness (QED) is 0.585. The molecule has 0 saturated carbocycles. The topological polar surface area (TPSA) is 88.4 Å². The van der Waals surface area contributed by atoms with Crippen molar-refractivity contribution >= 4 is 17.7 Å². The minimum atomic E-state index is -0.583. The maximum atomic E-state index is 12.5. The van der Waals surface area contributed by atoms with Gasteiger partial charge in [-0.15, -0.1) is 5.10 Å². The molecule has 144 valence electrons. The van der Waals surface area contributed by atoms with Gasteiger partial charge in [0, 0.05) is 5.56 Å². The number of ether oxygens (including phenoxy) is 3. The highest BCUT2D eigenvalue weighted by molar-refractivity contribution is 7.99. The number of cyclic esters (lactones) is 1. The molecule has 1 atom stereocenters. The lowest BCUT2D eigenvalue weighted by Gasteiger charge is -2.13. The summed E-state index contributed by atoms with van der Waals surface area (Å²) >= 11 is 1.27. The molecule has 0 amide bonds. The largest absolute Gasteiger partial charge is 0.493 e. The Morgan fingerprint density at radius 3 is 2.75 bits per heavy atom. The molecule has 2 aromatic carbocycles. The summed E-state index contributed by atoms with van der Waals surface area (Å²) < 4.78 is 17.9. The van der Waals surface area contributed by atoms with E-state index < -0.39 is 11.4 Å². The normalized spacial score (nSPS) is 15.2. The second-order valence-corrected chi connectivity index (χ2v) is 7.00. The Morgan fingerprint density at radius 2 is 2.00 bits per heavy atom. The number of benzene rings is 2. The molecule has 0 saturated heterocycles. The summed E-state index contributed by atoms with van der Waals surface area (Å²) in [5.74, 6) is 0.380. The van der Waals surface area contributed by atoms with Gasteiger partial charge in [-0.2, -0.15) is 4.68 Å². The van der Waals surface area contributed by atoms with Crippen LogP contribution in [0.25, 0.3) is 5.69 Å². The number of aromatic nitrogens is 4. The van der Waals surface area contributed by atoms with Gasteiger partial charge >= 0.3 is 5.97 Å². The Bertz CT molecular complexity index is 1040. The zero-order valence-corrected chi connectivity index (χ0v) is 16.4. The Labute approximate surface area is 165 Å². The molecule has 0 fully saturated rings. The van der Waals surface area contributed by atoms with Gasteiger partial charge < -0.3 is 14.2 Å². The van der Waals surface area contributed by atoms with Crippen molar-refractivity contribution in [3.63, 3.8) is 0 Å².